The van der Waals surface area contributed by atoms with Crippen molar-refractivity contribution in [3.05, 3.63) is 93.2 Å². The molecule has 0 radical (unpaired) electrons. The molecular formula is C23H16ClF2N3O2S. The molecule has 3 aromatic carbocycles. The largest absolute Gasteiger partial charge is 0.323 e. The standard InChI is InChI=1S/C23H16ClF2N3O2S/c1-13-4-2-3-5-20(13)29-22(31)16-8-6-14(24)10-18(16)28-23(29)32-12-21(30)27-19-11-15(25)7-9-17(19)26/h2-11H,12H2,1H3,(H,27,30). The highest BCUT2D eigenvalue weighted by atomic mass is 35.5. The molecule has 1 aromatic heterocycles. The van der Waals surface area contributed by atoms with E-state index in [9.17, 15) is 18.4 Å². The number of hydrogen-bond donors (Lipinski definition) is 1. The number of carbonyl (C=O) groups excluding carboxylic acids is 1. The number of benzene rings is 3. The van der Waals surface area contributed by atoms with E-state index in [1.807, 2.05) is 19.1 Å². The average molecular weight is 472 g/mol. The number of nitrogens with zero attached hydrogens (tertiary/aromatic N) is 2. The summed E-state index contributed by atoms with van der Waals surface area (Å²) < 4.78 is 28.6. The molecule has 0 aliphatic rings. The molecule has 32 heavy (non-hydrogen) atoms. The van der Waals surface area contributed by atoms with Crippen LogP contribution in [0.4, 0.5) is 14.5 Å². The highest BCUT2D eigenvalue weighted by molar-refractivity contribution is 7.99. The van der Waals surface area contributed by atoms with Gasteiger partial charge in [0, 0.05) is 11.1 Å². The SMILES string of the molecule is Cc1ccccc1-n1c(SCC(=O)Nc2cc(F)ccc2F)nc2cc(Cl)ccc2c1=O. The number of para-hydroxylation sites is 1. The summed E-state index contributed by atoms with van der Waals surface area (Å²) >= 11 is 7.07. The van der Waals surface area contributed by atoms with Crippen LogP contribution in [0.5, 0.6) is 0 Å². The van der Waals surface area contributed by atoms with E-state index in [0.717, 1.165) is 35.5 Å². The summed E-state index contributed by atoms with van der Waals surface area (Å²) in [4.78, 5) is 30.3. The van der Waals surface area contributed by atoms with Crippen molar-refractivity contribution in [1.29, 1.82) is 0 Å². The van der Waals surface area contributed by atoms with Gasteiger partial charge in [-0.2, -0.15) is 0 Å². The third-order valence-electron chi connectivity index (χ3n) is 4.69. The highest BCUT2D eigenvalue weighted by Gasteiger charge is 2.17. The molecule has 1 N–H and O–H groups in total. The number of aryl methyl sites for hydroxylation is 1. The van der Waals surface area contributed by atoms with Crippen LogP contribution >= 0.6 is 23.4 Å². The Balaban J connectivity index is 1.71. The number of rotatable bonds is 5. The van der Waals surface area contributed by atoms with Gasteiger partial charge in [0.1, 0.15) is 11.6 Å². The summed E-state index contributed by atoms with van der Waals surface area (Å²) in [7, 11) is 0. The number of fused-ring (bicyclic) bond motifs is 1. The van der Waals surface area contributed by atoms with Crippen molar-refractivity contribution in [2.45, 2.75) is 12.1 Å². The number of aromatic nitrogens is 2. The van der Waals surface area contributed by atoms with E-state index in [0.29, 0.717) is 21.6 Å². The van der Waals surface area contributed by atoms with Gasteiger partial charge in [-0.3, -0.25) is 14.2 Å². The molecule has 0 spiro atoms. The third-order valence-corrected chi connectivity index (χ3v) is 5.87. The Labute approximate surface area is 191 Å². The second kappa shape index (κ2) is 9.10. The van der Waals surface area contributed by atoms with Gasteiger partial charge < -0.3 is 5.32 Å². The maximum atomic E-state index is 13.8. The van der Waals surface area contributed by atoms with Crippen LogP contribution in [0.15, 0.2) is 70.6 Å². The minimum absolute atomic E-state index is 0.180. The lowest BCUT2D eigenvalue weighted by molar-refractivity contribution is -0.113. The van der Waals surface area contributed by atoms with E-state index >= 15 is 0 Å². The molecule has 0 bridgehead atoms. The Hall–Kier alpha value is -3.23. The van der Waals surface area contributed by atoms with Crippen molar-refractivity contribution in [2.24, 2.45) is 0 Å². The first-order chi connectivity index (χ1) is 15.3. The zero-order chi connectivity index (χ0) is 22.8. The molecule has 4 aromatic rings. The molecular weight excluding hydrogens is 456 g/mol. The summed E-state index contributed by atoms with van der Waals surface area (Å²) in [6.07, 6.45) is 0. The number of nitrogens with one attached hydrogen (secondary N) is 1. The van der Waals surface area contributed by atoms with Crippen LogP contribution in [0.1, 0.15) is 5.56 Å². The molecule has 0 aliphatic carbocycles. The number of carbonyl (C=O) groups is 1. The lowest BCUT2D eigenvalue weighted by Gasteiger charge is -2.15. The molecule has 0 fully saturated rings. The Morgan fingerprint density at radius 1 is 1.12 bits per heavy atom. The van der Waals surface area contributed by atoms with E-state index < -0.39 is 17.5 Å². The third kappa shape index (κ3) is 4.51. The van der Waals surface area contributed by atoms with E-state index in [4.69, 9.17) is 11.6 Å². The van der Waals surface area contributed by atoms with Gasteiger partial charge in [0.05, 0.1) is 28.0 Å². The first kappa shape index (κ1) is 22.0. The van der Waals surface area contributed by atoms with Crippen molar-refractivity contribution in [1.82, 2.24) is 9.55 Å². The lowest BCUT2D eigenvalue weighted by atomic mass is 10.2. The highest BCUT2D eigenvalue weighted by Crippen LogP contribution is 2.25. The number of amides is 1. The number of hydrogen-bond acceptors (Lipinski definition) is 4. The predicted molar refractivity (Wildman–Crippen MR) is 123 cm³/mol. The fraction of sp³-hybridized carbons (Fsp3) is 0.0870. The molecule has 0 unspecified atom stereocenters. The average Bonchev–Trinajstić information content (AvgIpc) is 2.75. The zero-order valence-corrected chi connectivity index (χ0v) is 18.3. The Bertz CT molecular complexity index is 1410. The summed E-state index contributed by atoms with van der Waals surface area (Å²) in [6.45, 7) is 1.86. The van der Waals surface area contributed by atoms with Crippen LogP contribution in [-0.2, 0) is 4.79 Å². The molecule has 0 atom stereocenters. The fourth-order valence-electron chi connectivity index (χ4n) is 3.17. The van der Waals surface area contributed by atoms with Crippen molar-refractivity contribution in [2.75, 3.05) is 11.1 Å². The van der Waals surface area contributed by atoms with Gasteiger partial charge in [-0.1, -0.05) is 41.6 Å². The fourth-order valence-corrected chi connectivity index (χ4v) is 4.14. The molecule has 0 saturated heterocycles. The van der Waals surface area contributed by atoms with Crippen molar-refractivity contribution in [3.8, 4) is 5.69 Å². The van der Waals surface area contributed by atoms with Crippen LogP contribution in [0.2, 0.25) is 5.02 Å². The maximum absolute atomic E-state index is 13.8. The number of halogens is 3. The maximum Gasteiger partial charge on any atom is 0.266 e. The summed E-state index contributed by atoms with van der Waals surface area (Å²) in [5.74, 6) is -2.17. The minimum atomic E-state index is -0.750. The van der Waals surface area contributed by atoms with Crippen LogP contribution in [-0.4, -0.2) is 21.2 Å². The van der Waals surface area contributed by atoms with Gasteiger partial charge in [-0.25, -0.2) is 13.8 Å². The number of thioether (sulfide) groups is 1. The molecule has 4 rings (SSSR count). The minimum Gasteiger partial charge on any atom is -0.323 e. The Morgan fingerprint density at radius 2 is 1.91 bits per heavy atom. The monoisotopic (exact) mass is 471 g/mol. The van der Waals surface area contributed by atoms with E-state index in [1.54, 1.807) is 30.3 Å². The van der Waals surface area contributed by atoms with Gasteiger partial charge in [0.15, 0.2) is 5.16 Å². The molecule has 5 nitrogen and oxygen atoms in total. The van der Waals surface area contributed by atoms with Crippen molar-refractivity contribution >= 4 is 45.9 Å². The van der Waals surface area contributed by atoms with Crippen LogP contribution in [0.3, 0.4) is 0 Å². The van der Waals surface area contributed by atoms with Crippen molar-refractivity contribution in [3.63, 3.8) is 0 Å². The van der Waals surface area contributed by atoms with Gasteiger partial charge in [-0.05, 0) is 48.9 Å². The summed E-state index contributed by atoms with van der Waals surface area (Å²) in [5.41, 5.74) is 1.30. The molecule has 9 heteroatoms. The molecule has 1 heterocycles. The van der Waals surface area contributed by atoms with Gasteiger partial charge >= 0.3 is 0 Å². The zero-order valence-electron chi connectivity index (χ0n) is 16.7. The van der Waals surface area contributed by atoms with E-state index in [-0.39, 0.29) is 22.2 Å². The van der Waals surface area contributed by atoms with Gasteiger partial charge in [-0.15, -0.1) is 0 Å². The first-order valence-electron chi connectivity index (χ1n) is 9.49. The lowest BCUT2D eigenvalue weighted by Crippen LogP contribution is -2.23. The first-order valence-corrected chi connectivity index (χ1v) is 10.9. The molecule has 0 aliphatic heterocycles. The van der Waals surface area contributed by atoms with Gasteiger partial charge in [0.25, 0.3) is 5.56 Å². The summed E-state index contributed by atoms with van der Waals surface area (Å²) in [6, 6.07) is 14.9. The Kier molecular flexibility index (Phi) is 6.25. The smallest absolute Gasteiger partial charge is 0.266 e. The molecule has 0 saturated carbocycles. The van der Waals surface area contributed by atoms with E-state index in [2.05, 4.69) is 10.3 Å². The quantitative estimate of drug-likeness (QED) is 0.314. The molecule has 162 valence electrons. The van der Waals surface area contributed by atoms with Crippen molar-refractivity contribution < 1.29 is 13.6 Å². The summed E-state index contributed by atoms with van der Waals surface area (Å²) in [5, 5.41) is 3.42. The van der Waals surface area contributed by atoms with Gasteiger partial charge in [0.2, 0.25) is 5.91 Å². The van der Waals surface area contributed by atoms with Crippen LogP contribution in [0.25, 0.3) is 16.6 Å². The normalized spacial score (nSPS) is 11.0. The van der Waals surface area contributed by atoms with Crippen LogP contribution < -0.4 is 10.9 Å². The predicted octanol–water partition coefficient (Wildman–Crippen LogP) is 5.36. The second-order valence-electron chi connectivity index (χ2n) is 6.94. The molecule has 1 amide bonds. The second-order valence-corrected chi connectivity index (χ2v) is 8.32. The number of anilines is 1. The van der Waals surface area contributed by atoms with Crippen LogP contribution in [0, 0.1) is 18.6 Å². The van der Waals surface area contributed by atoms with E-state index in [1.165, 1.54) is 4.57 Å². The Morgan fingerprint density at radius 3 is 2.69 bits per heavy atom. The topological polar surface area (TPSA) is 64.0 Å².